The van der Waals surface area contributed by atoms with Crippen LogP contribution in [0.2, 0.25) is 0 Å². The maximum absolute atomic E-state index is 11.6. The molecule has 0 saturated carbocycles. The smallest absolute Gasteiger partial charge is 0.329 e. The highest BCUT2D eigenvalue weighted by molar-refractivity contribution is 7.40. The lowest BCUT2D eigenvalue weighted by molar-refractivity contribution is -0.627. The van der Waals surface area contributed by atoms with Gasteiger partial charge in [0.05, 0.1) is 33.4 Å². The van der Waals surface area contributed by atoms with Gasteiger partial charge in [0.15, 0.2) is 0 Å². The summed E-state index contributed by atoms with van der Waals surface area (Å²) >= 11 is 0. The molecule has 0 aromatic heterocycles. The number of rotatable bonds is 30. The first kappa shape index (κ1) is 35.9. The van der Waals surface area contributed by atoms with Crippen molar-refractivity contribution in [3.05, 3.63) is 0 Å². The van der Waals surface area contributed by atoms with Crippen molar-refractivity contribution in [1.82, 2.24) is 0 Å². The summed E-state index contributed by atoms with van der Waals surface area (Å²) in [5, 5.41) is 2.13. The van der Waals surface area contributed by atoms with E-state index in [1.54, 1.807) is 6.92 Å². The van der Waals surface area contributed by atoms with Gasteiger partial charge in [0, 0.05) is 18.9 Å². The number of nitrogens with two attached hydrogens (primary N) is 1. The number of hydrogen-bond donors (Lipinski definition) is 2. The minimum absolute atomic E-state index is 0.0287. The van der Waals surface area contributed by atoms with Crippen LogP contribution in [0.4, 0.5) is 0 Å². The molecule has 0 amide bonds. The van der Waals surface area contributed by atoms with E-state index in [1.165, 1.54) is 96.3 Å². The van der Waals surface area contributed by atoms with Gasteiger partial charge in [-0.05, 0) is 26.2 Å². The maximum atomic E-state index is 11.6. The van der Waals surface area contributed by atoms with E-state index < -0.39 is 8.60 Å². The lowest BCUT2D eigenvalue weighted by Crippen LogP contribution is -2.79. The molecule has 216 valence electrons. The predicted octanol–water partition coefficient (Wildman–Crippen LogP) is 7.09. The Morgan fingerprint density at radius 3 is 1.72 bits per heavy atom. The third-order valence-corrected chi connectivity index (χ3v) is 7.35. The van der Waals surface area contributed by atoms with E-state index in [9.17, 15) is 9.69 Å². The Balaban J connectivity index is 3.54. The van der Waals surface area contributed by atoms with Gasteiger partial charge in [-0.3, -0.25) is 0 Å². The second kappa shape index (κ2) is 29.5. The Morgan fingerprint density at radius 2 is 1.22 bits per heavy atom. The quantitative estimate of drug-likeness (QED) is 0.0760. The van der Waals surface area contributed by atoms with Crippen molar-refractivity contribution in [2.75, 3.05) is 40.0 Å². The molecule has 0 aromatic carbocycles. The Labute approximate surface area is 225 Å². The topological polar surface area (TPSA) is 81.6 Å². The van der Waals surface area contributed by atoms with E-state index in [2.05, 4.69) is 12.2 Å². The van der Waals surface area contributed by atoms with Gasteiger partial charge in [0.2, 0.25) is 0 Å². The van der Waals surface area contributed by atoms with E-state index in [-0.39, 0.29) is 11.7 Å². The summed E-state index contributed by atoms with van der Waals surface area (Å²) in [6.07, 6.45) is 24.2. The fraction of sp³-hybridized carbons (Fsp3) is 0.966. The molecule has 0 aliphatic carbocycles. The molecule has 0 spiro atoms. The minimum atomic E-state index is -1.88. The molecule has 6 nitrogen and oxygen atoms in total. The van der Waals surface area contributed by atoms with Gasteiger partial charge >= 0.3 is 8.60 Å². The molecule has 2 atom stereocenters. The Hall–Kier alpha value is -0.100. The summed E-state index contributed by atoms with van der Waals surface area (Å²) in [6.45, 7) is 6.95. The molecular formula is C29H61NO5P+. The summed E-state index contributed by atoms with van der Waals surface area (Å²) in [6, 6.07) is 0. The fourth-order valence-corrected chi connectivity index (χ4v) is 5.07. The molecule has 3 N–H and O–H groups in total. The van der Waals surface area contributed by atoms with Crippen LogP contribution in [0.3, 0.4) is 0 Å². The normalized spacial score (nSPS) is 13.2. The molecule has 36 heavy (non-hydrogen) atoms. The van der Waals surface area contributed by atoms with Gasteiger partial charge in [0.25, 0.3) is 0 Å². The van der Waals surface area contributed by atoms with E-state index in [1.807, 2.05) is 7.05 Å². The van der Waals surface area contributed by atoms with E-state index in [4.69, 9.17) is 13.8 Å². The Morgan fingerprint density at radius 1 is 0.722 bits per heavy atom. The SMILES string of the molecule is CCCCCCCCCCCCCCCCCCOCC(COP(O)OCCCC[NH2+]C)CC(C)=O. The van der Waals surface area contributed by atoms with Crippen LogP contribution < -0.4 is 5.32 Å². The highest BCUT2D eigenvalue weighted by atomic mass is 31.2. The van der Waals surface area contributed by atoms with Gasteiger partial charge in [-0.25, -0.2) is 0 Å². The summed E-state index contributed by atoms with van der Waals surface area (Å²) in [5.74, 6) is 0.0904. The second-order valence-electron chi connectivity index (χ2n) is 10.4. The number of ketones is 1. The molecule has 0 rings (SSSR count). The number of hydrogen-bond acceptors (Lipinski definition) is 5. The van der Waals surface area contributed by atoms with Crippen molar-refractivity contribution < 1.29 is 28.8 Å². The van der Waals surface area contributed by atoms with Crippen molar-refractivity contribution in [1.29, 1.82) is 0 Å². The van der Waals surface area contributed by atoms with E-state index in [0.29, 0.717) is 26.2 Å². The minimum Gasteiger partial charge on any atom is -0.381 e. The molecule has 0 bridgehead atoms. The summed E-state index contributed by atoms with van der Waals surface area (Å²) in [5.41, 5.74) is 0. The van der Waals surface area contributed by atoms with Crippen LogP contribution in [0.15, 0.2) is 0 Å². The number of Topliss-reactive ketones (excluding diaryl/α,β-unsaturated/α-hetero) is 1. The van der Waals surface area contributed by atoms with Crippen LogP contribution in [-0.2, 0) is 18.6 Å². The number of carbonyl (C=O) groups excluding carboxylic acids is 1. The molecule has 0 aliphatic rings. The predicted molar refractivity (Wildman–Crippen MR) is 152 cm³/mol. The lowest BCUT2D eigenvalue weighted by atomic mass is 10.0. The third-order valence-electron chi connectivity index (χ3n) is 6.58. The van der Waals surface area contributed by atoms with Crippen LogP contribution in [-0.4, -0.2) is 50.7 Å². The van der Waals surface area contributed by atoms with Crippen molar-refractivity contribution in [3.8, 4) is 0 Å². The zero-order valence-corrected chi connectivity index (χ0v) is 25.0. The molecule has 2 unspecified atom stereocenters. The molecule has 0 aromatic rings. The fourth-order valence-electron chi connectivity index (χ4n) is 4.37. The third kappa shape index (κ3) is 28.5. The van der Waals surface area contributed by atoms with Gasteiger partial charge in [-0.15, -0.1) is 0 Å². The molecule has 0 fully saturated rings. The van der Waals surface area contributed by atoms with Crippen LogP contribution in [0, 0.1) is 5.92 Å². The van der Waals surface area contributed by atoms with E-state index in [0.717, 1.165) is 32.4 Å². The van der Waals surface area contributed by atoms with Crippen molar-refractivity contribution >= 4 is 14.4 Å². The number of quaternary nitrogens is 1. The van der Waals surface area contributed by atoms with Crippen molar-refractivity contribution in [2.24, 2.45) is 5.92 Å². The first-order valence-electron chi connectivity index (χ1n) is 15.2. The first-order valence-corrected chi connectivity index (χ1v) is 16.3. The largest absolute Gasteiger partial charge is 0.381 e. The van der Waals surface area contributed by atoms with Crippen molar-refractivity contribution in [2.45, 2.75) is 136 Å². The van der Waals surface area contributed by atoms with Gasteiger partial charge in [-0.2, -0.15) is 0 Å². The molecule has 0 heterocycles. The standard InChI is InChI=1S/C29H60NO5P/c1-4-5-6-7-8-9-10-11-12-13-14-15-16-17-18-20-23-33-26-29(25-28(2)31)27-35-36(32)34-24-21-19-22-30-3/h29-30,32H,4-27H2,1-3H3/p+1. The summed E-state index contributed by atoms with van der Waals surface area (Å²) in [4.78, 5) is 21.5. The van der Waals surface area contributed by atoms with Crippen LogP contribution in [0.1, 0.15) is 136 Å². The molecule has 7 heteroatoms. The summed E-state index contributed by atoms with van der Waals surface area (Å²) in [7, 11) is 0.166. The zero-order chi connectivity index (χ0) is 26.5. The number of ether oxygens (including phenoxy) is 1. The average molecular weight is 535 g/mol. The van der Waals surface area contributed by atoms with Gasteiger partial charge in [-0.1, -0.05) is 103 Å². The second-order valence-corrected chi connectivity index (χ2v) is 11.4. The van der Waals surface area contributed by atoms with Crippen LogP contribution in [0.25, 0.3) is 0 Å². The van der Waals surface area contributed by atoms with Gasteiger partial charge < -0.3 is 28.8 Å². The highest BCUT2D eigenvalue weighted by Gasteiger charge is 2.16. The van der Waals surface area contributed by atoms with Crippen LogP contribution in [0.5, 0.6) is 0 Å². The highest BCUT2D eigenvalue weighted by Crippen LogP contribution is 2.33. The molecule has 0 saturated heterocycles. The average Bonchev–Trinajstić information content (AvgIpc) is 2.86. The van der Waals surface area contributed by atoms with Crippen molar-refractivity contribution in [3.63, 3.8) is 0 Å². The molecular weight excluding hydrogens is 473 g/mol. The summed E-state index contributed by atoms with van der Waals surface area (Å²) < 4.78 is 16.6. The van der Waals surface area contributed by atoms with Gasteiger partial charge in [0.1, 0.15) is 5.78 Å². The first-order chi connectivity index (χ1) is 17.6. The Bertz CT molecular complexity index is 455. The number of unbranched alkanes of at least 4 members (excludes halogenated alkanes) is 16. The Kier molecular flexibility index (Phi) is 29.4. The monoisotopic (exact) mass is 534 g/mol. The molecule has 0 aliphatic heterocycles. The zero-order valence-electron chi connectivity index (χ0n) is 24.2. The molecule has 0 radical (unpaired) electrons. The number of carbonyl (C=O) groups is 1. The maximum Gasteiger partial charge on any atom is 0.329 e. The van der Waals surface area contributed by atoms with Crippen LogP contribution >= 0.6 is 8.60 Å². The van der Waals surface area contributed by atoms with E-state index >= 15 is 0 Å². The lowest BCUT2D eigenvalue weighted by Gasteiger charge is -2.18.